The molecule has 1 atom stereocenters. The van der Waals surface area contributed by atoms with E-state index in [-0.39, 0.29) is 17.4 Å². The van der Waals surface area contributed by atoms with E-state index in [1.165, 1.54) is 0 Å². The molecule has 1 aromatic carbocycles. The fourth-order valence-electron chi connectivity index (χ4n) is 3.45. The highest BCUT2D eigenvalue weighted by atomic mass is 16.5. The average molecular weight is 339 g/mol. The zero-order valence-electron chi connectivity index (χ0n) is 14.2. The third-order valence-corrected chi connectivity index (χ3v) is 5.07. The Balaban J connectivity index is 1.51. The van der Waals surface area contributed by atoms with Gasteiger partial charge in [0.15, 0.2) is 0 Å². The molecule has 6 nitrogen and oxygen atoms in total. The second kappa shape index (κ2) is 6.44. The first-order valence-corrected chi connectivity index (χ1v) is 8.54. The molecule has 0 N–H and O–H groups in total. The summed E-state index contributed by atoms with van der Waals surface area (Å²) in [6.07, 6.45) is 6.57. The van der Waals surface area contributed by atoms with Crippen molar-refractivity contribution in [2.45, 2.75) is 24.4 Å². The molecule has 1 amide bonds. The standard InChI is InChI=1S/C19H21N3O3/c1-24-15-4-2-14(3-5-15)19(6-7-19)18(23)22-10-11-25-17(13-22)16-12-20-8-9-21-16/h2-5,8-9,12,17H,6-7,10-11,13H2,1H3. The number of carbonyl (C=O) groups is 1. The van der Waals surface area contributed by atoms with Crippen LogP contribution >= 0.6 is 0 Å². The van der Waals surface area contributed by atoms with Crippen LogP contribution in [0.2, 0.25) is 0 Å². The molecule has 2 heterocycles. The summed E-state index contributed by atoms with van der Waals surface area (Å²) in [5.74, 6) is 0.996. The zero-order chi connectivity index (χ0) is 17.3. The monoisotopic (exact) mass is 339 g/mol. The number of nitrogens with zero attached hydrogens (tertiary/aromatic N) is 3. The molecular formula is C19H21N3O3. The van der Waals surface area contributed by atoms with Crippen LogP contribution in [0.3, 0.4) is 0 Å². The van der Waals surface area contributed by atoms with Crippen LogP contribution in [-0.2, 0) is 14.9 Å². The maximum Gasteiger partial charge on any atom is 0.233 e. The van der Waals surface area contributed by atoms with Crippen LogP contribution in [0.15, 0.2) is 42.9 Å². The van der Waals surface area contributed by atoms with Crippen LogP contribution in [0.5, 0.6) is 5.75 Å². The number of rotatable bonds is 4. The minimum Gasteiger partial charge on any atom is -0.497 e. The molecule has 130 valence electrons. The molecule has 6 heteroatoms. The van der Waals surface area contributed by atoms with Crippen LogP contribution in [0.4, 0.5) is 0 Å². The number of benzene rings is 1. The van der Waals surface area contributed by atoms with Crippen molar-refractivity contribution in [3.05, 3.63) is 54.1 Å². The molecule has 1 aromatic heterocycles. The van der Waals surface area contributed by atoms with Crippen molar-refractivity contribution in [3.63, 3.8) is 0 Å². The van der Waals surface area contributed by atoms with Gasteiger partial charge >= 0.3 is 0 Å². The highest BCUT2D eigenvalue weighted by molar-refractivity contribution is 5.91. The van der Waals surface area contributed by atoms with Gasteiger partial charge in [0.05, 0.1) is 37.6 Å². The minimum atomic E-state index is -0.378. The van der Waals surface area contributed by atoms with E-state index in [9.17, 15) is 4.79 Å². The Hall–Kier alpha value is -2.47. The molecule has 4 rings (SSSR count). The Morgan fingerprint density at radius 1 is 1.28 bits per heavy atom. The van der Waals surface area contributed by atoms with E-state index >= 15 is 0 Å². The van der Waals surface area contributed by atoms with E-state index in [2.05, 4.69) is 9.97 Å². The Kier molecular flexibility index (Phi) is 4.13. The fraction of sp³-hybridized carbons (Fsp3) is 0.421. The van der Waals surface area contributed by atoms with Gasteiger partial charge in [-0.15, -0.1) is 0 Å². The van der Waals surface area contributed by atoms with Gasteiger partial charge < -0.3 is 14.4 Å². The van der Waals surface area contributed by atoms with Crippen molar-refractivity contribution in [2.24, 2.45) is 0 Å². The van der Waals surface area contributed by atoms with E-state index in [1.54, 1.807) is 25.7 Å². The molecule has 1 unspecified atom stereocenters. The lowest BCUT2D eigenvalue weighted by Gasteiger charge is -2.35. The van der Waals surface area contributed by atoms with Gasteiger partial charge in [0.1, 0.15) is 11.9 Å². The normalized spacial score (nSPS) is 21.6. The molecule has 1 aliphatic heterocycles. The smallest absolute Gasteiger partial charge is 0.233 e. The molecule has 2 aliphatic rings. The van der Waals surface area contributed by atoms with Crippen LogP contribution in [0, 0.1) is 0 Å². The van der Waals surface area contributed by atoms with E-state index < -0.39 is 0 Å². The molecule has 1 saturated heterocycles. The molecule has 2 fully saturated rings. The third-order valence-electron chi connectivity index (χ3n) is 5.07. The first-order valence-electron chi connectivity index (χ1n) is 8.54. The minimum absolute atomic E-state index is 0.190. The second-order valence-electron chi connectivity index (χ2n) is 6.55. The molecule has 0 radical (unpaired) electrons. The Morgan fingerprint density at radius 3 is 2.72 bits per heavy atom. The molecule has 2 aromatic rings. The van der Waals surface area contributed by atoms with E-state index in [0.717, 1.165) is 29.8 Å². The molecular weight excluding hydrogens is 318 g/mol. The van der Waals surface area contributed by atoms with Crippen molar-refractivity contribution in [2.75, 3.05) is 26.8 Å². The topological polar surface area (TPSA) is 64.5 Å². The van der Waals surface area contributed by atoms with E-state index in [4.69, 9.17) is 9.47 Å². The Labute approximate surface area is 146 Å². The summed E-state index contributed by atoms with van der Waals surface area (Å²) in [6.45, 7) is 1.66. The highest BCUT2D eigenvalue weighted by Gasteiger charge is 2.53. The van der Waals surface area contributed by atoms with Crippen LogP contribution in [0.1, 0.15) is 30.2 Å². The van der Waals surface area contributed by atoms with Gasteiger partial charge in [-0.25, -0.2) is 0 Å². The Bertz CT molecular complexity index is 744. The van der Waals surface area contributed by atoms with Gasteiger partial charge in [0.25, 0.3) is 0 Å². The van der Waals surface area contributed by atoms with Gasteiger partial charge in [-0.3, -0.25) is 14.8 Å². The summed E-state index contributed by atoms with van der Waals surface area (Å²) in [5, 5.41) is 0. The third kappa shape index (κ3) is 2.98. The van der Waals surface area contributed by atoms with Gasteiger partial charge in [-0.2, -0.15) is 0 Å². The first kappa shape index (κ1) is 16.0. The summed E-state index contributed by atoms with van der Waals surface area (Å²) >= 11 is 0. The lowest BCUT2D eigenvalue weighted by molar-refractivity contribution is -0.142. The predicted octanol–water partition coefficient (Wildman–Crippen LogP) is 2.12. The quantitative estimate of drug-likeness (QED) is 0.854. The molecule has 1 aliphatic carbocycles. The molecule has 25 heavy (non-hydrogen) atoms. The van der Waals surface area contributed by atoms with Gasteiger partial charge in [-0.05, 0) is 30.5 Å². The molecule has 0 spiro atoms. The lowest BCUT2D eigenvalue weighted by Crippen LogP contribution is -2.47. The van der Waals surface area contributed by atoms with E-state index in [1.807, 2.05) is 29.2 Å². The number of hydrogen-bond acceptors (Lipinski definition) is 5. The van der Waals surface area contributed by atoms with Crippen molar-refractivity contribution < 1.29 is 14.3 Å². The van der Waals surface area contributed by atoms with Crippen molar-refractivity contribution in [3.8, 4) is 5.75 Å². The molecule has 0 bridgehead atoms. The number of methoxy groups -OCH3 is 1. The van der Waals surface area contributed by atoms with Crippen molar-refractivity contribution >= 4 is 5.91 Å². The number of hydrogen-bond donors (Lipinski definition) is 0. The number of aromatic nitrogens is 2. The number of amides is 1. The fourth-order valence-corrected chi connectivity index (χ4v) is 3.45. The Morgan fingerprint density at radius 2 is 2.08 bits per heavy atom. The average Bonchev–Trinajstić information content (AvgIpc) is 3.50. The largest absolute Gasteiger partial charge is 0.497 e. The maximum absolute atomic E-state index is 13.2. The SMILES string of the molecule is COc1ccc(C2(C(=O)N3CCOC(c4cnccn4)C3)CC2)cc1. The van der Waals surface area contributed by atoms with Crippen molar-refractivity contribution in [1.29, 1.82) is 0 Å². The van der Waals surface area contributed by atoms with Gasteiger partial charge in [0, 0.05) is 18.9 Å². The summed E-state index contributed by atoms with van der Waals surface area (Å²) in [7, 11) is 1.65. The number of morpholine rings is 1. The van der Waals surface area contributed by atoms with Gasteiger partial charge in [0.2, 0.25) is 5.91 Å². The van der Waals surface area contributed by atoms with Gasteiger partial charge in [-0.1, -0.05) is 12.1 Å². The highest BCUT2D eigenvalue weighted by Crippen LogP contribution is 2.50. The summed E-state index contributed by atoms with van der Waals surface area (Å²) < 4.78 is 11.0. The first-order chi connectivity index (χ1) is 12.2. The zero-order valence-corrected chi connectivity index (χ0v) is 14.2. The summed E-state index contributed by atoms with van der Waals surface area (Å²) in [5.41, 5.74) is 1.46. The van der Waals surface area contributed by atoms with Crippen LogP contribution in [-0.4, -0.2) is 47.6 Å². The van der Waals surface area contributed by atoms with Crippen molar-refractivity contribution in [1.82, 2.24) is 14.9 Å². The predicted molar refractivity (Wildman–Crippen MR) is 91.2 cm³/mol. The van der Waals surface area contributed by atoms with Crippen LogP contribution in [0.25, 0.3) is 0 Å². The van der Waals surface area contributed by atoms with Crippen LogP contribution < -0.4 is 4.74 Å². The summed E-state index contributed by atoms with van der Waals surface area (Å²) in [4.78, 5) is 23.5. The van der Waals surface area contributed by atoms with E-state index in [0.29, 0.717) is 19.7 Å². The summed E-state index contributed by atoms with van der Waals surface area (Å²) in [6, 6.07) is 7.85. The lowest BCUT2D eigenvalue weighted by atomic mass is 9.93. The number of carbonyl (C=O) groups excluding carboxylic acids is 1. The maximum atomic E-state index is 13.2. The molecule has 1 saturated carbocycles. The number of ether oxygens (including phenoxy) is 2. The second-order valence-corrected chi connectivity index (χ2v) is 6.55.